The molecule has 4 aromatic rings. The van der Waals surface area contributed by atoms with Gasteiger partial charge in [-0.2, -0.15) is 8.42 Å². The number of aliphatic hydroxyl groups is 1. The van der Waals surface area contributed by atoms with Crippen molar-refractivity contribution in [3.63, 3.8) is 0 Å². The molecule has 0 bridgehead atoms. The van der Waals surface area contributed by atoms with Gasteiger partial charge in [0.2, 0.25) is 0 Å². The van der Waals surface area contributed by atoms with Crippen molar-refractivity contribution in [3.05, 3.63) is 47.6 Å². The van der Waals surface area contributed by atoms with Crippen LogP contribution in [0.2, 0.25) is 5.02 Å². The standard InChI is InChI=1S/C20H19ClFN5O4S/c21-14-7-16-10(4-15(14)22)5-17(26-16)19-13-1-2-27(20(13)25-9-24-19)12-3-11(18(28)6-12)8-31-32(23,29)30/h1-2,4-5,7,9,11-12,18,26,28H,3,6,8H2,(H2,23,29,30). The van der Waals surface area contributed by atoms with E-state index in [0.29, 0.717) is 40.8 Å². The van der Waals surface area contributed by atoms with Crippen molar-refractivity contribution in [1.82, 2.24) is 19.5 Å². The number of nitrogens with one attached hydrogen (secondary N) is 1. The van der Waals surface area contributed by atoms with Gasteiger partial charge in [0.1, 0.15) is 17.8 Å². The number of aliphatic hydroxyl groups excluding tert-OH is 1. The quantitative estimate of drug-likeness (QED) is 0.402. The van der Waals surface area contributed by atoms with Crippen LogP contribution in [0.15, 0.2) is 36.8 Å². The zero-order valence-corrected chi connectivity index (χ0v) is 18.1. The van der Waals surface area contributed by atoms with E-state index in [1.54, 1.807) is 6.07 Å². The van der Waals surface area contributed by atoms with Gasteiger partial charge in [0.25, 0.3) is 0 Å². The summed E-state index contributed by atoms with van der Waals surface area (Å²) in [5.74, 6) is -0.866. The van der Waals surface area contributed by atoms with E-state index >= 15 is 0 Å². The highest BCUT2D eigenvalue weighted by atomic mass is 35.5. The number of nitrogens with zero attached hydrogens (tertiary/aromatic N) is 3. The lowest BCUT2D eigenvalue weighted by molar-refractivity contribution is 0.100. The Hall–Kier alpha value is -2.57. The molecule has 0 aliphatic heterocycles. The first-order valence-electron chi connectivity index (χ1n) is 9.84. The lowest BCUT2D eigenvalue weighted by atomic mass is 10.1. The molecule has 0 amide bonds. The molecule has 168 valence electrons. The number of H-pyrrole nitrogens is 1. The average molecular weight is 480 g/mol. The SMILES string of the molecule is NS(=O)(=O)OCC1CC(n2ccc3c(-c4cc5cc(F)c(Cl)cc5[nH]4)ncnc32)CC1O. The highest BCUT2D eigenvalue weighted by Crippen LogP contribution is 2.38. The second-order valence-electron chi connectivity index (χ2n) is 7.95. The molecule has 1 fully saturated rings. The fourth-order valence-corrected chi connectivity index (χ4v) is 4.92. The number of halogens is 2. The lowest BCUT2D eigenvalue weighted by Gasteiger charge is -2.14. The first-order chi connectivity index (χ1) is 15.2. The van der Waals surface area contributed by atoms with Crippen LogP contribution in [0.3, 0.4) is 0 Å². The van der Waals surface area contributed by atoms with Crippen molar-refractivity contribution < 1.29 is 22.1 Å². The van der Waals surface area contributed by atoms with Gasteiger partial charge in [-0.05, 0) is 37.1 Å². The topological polar surface area (TPSA) is 136 Å². The number of hydrogen-bond donors (Lipinski definition) is 3. The molecule has 3 atom stereocenters. The van der Waals surface area contributed by atoms with Crippen molar-refractivity contribution in [2.24, 2.45) is 11.1 Å². The van der Waals surface area contributed by atoms with E-state index < -0.39 is 22.2 Å². The minimum absolute atomic E-state index is 0.0330. The fraction of sp³-hybridized carbons (Fsp3) is 0.300. The molecule has 0 saturated heterocycles. The Labute approximate surface area is 187 Å². The Morgan fingerprint density at radius 2 is 2.12 bits per heavy atom. The summed E-state index contributed by atoms with van der Waals surface area (Å²) in [5, 5.41) is 16.8. The second kappa shape index (κ2) is 7.78. The number of hydrogen-bond acceptors (Lipinski definition) is 6. The molecule has 0 radical (unpaired) electrons. The third-order valence-electron chi connectivity index (χ3n) is 5.90. The summed E-state index contributed by atoms with van der Waals surface area (Å²) in [4.78, 5) is 12.0. The number of nitrogens with two attached hydrogens (primary N) is 1. The average Bonchev–Trinajstić information content (AvgIpc) is 3.42. The van der Waals surface area contributed by atoms with Gasteiger partial charge in [0.15, 0.2) is 0 Å². The van der Waals surface area contributed by atoms with E-state index in [-0.39, 0.29) is 23.6 Å². The Morgan fingerprint density at radius 3 is 2.91 bits per heavy atom. The zero-order chi connectivity index (χ0) is 22.6. The fourth-order valence-electron chi connectivity index (χ4n) is 4.40. The minimum atomic E-state index is -4.07. The van der Waals surface area contributed by atoms with E-state index in [4.69, 9.17) is 16.7 Å². The lowest BCUT2D eigenvalue weighted by Crippen LogP contribution is -2.24. The monoisotopic (exact) mass is 479 g/mol. The van der Waals surface area contributed by atoms with Crippen LogP contribution >= 0.6 is 11.6 Å². The smallest absolute Gasteiger partial charge is 0.333 e. The molecule has 3 aromatic heterocycles. The van der Waals surface area contributed by atoms with E-state index in [1.165, 1.54) is 18.5 Å². The first-order valence-corrected chi connectivity index (χ1v) is 11.7. The maximum Gasteiger partial charge on any atom is 0.333 e. The first kappa shape index (κ1) is 21.3. The predicted octanol–water partition coefficient (Wildman–Crippen LogP) is 2.90. The van der Waals surface area contributed by atoms with Crippen molar-refractivity contribution in [2.45, 2.75) is 25.0 Å². The van der Waals surface area contributed by atoms with E-state index in [2.05, 4.69) is 19.1 Å². The van der Waals surface area contributed by atoms with Crippen molar-refractivity contribution in [1.29, 1.82) is 0 Å². The summed E-state index contributed by atoms with van der Waals surface area (Å²) < 4.78 is 42.6. The van der Waals surface area contributed by atoms with Crippen LogP contribution in [0.1, 0.15) is 18.9 Å². The van der Waals surface area contributed by atoms with Gasteiger partial charge in [-0.25, -0.2) is 19.5 Å². The molecule has 4 N–H and O–H groups in total. The second-order valence-corrected chi connectivity index (χ2v) is 9.58. The molecule has 1 aliphatic carbocycles. The summed E-state index contributed by atoms with van der Waals surface area (Å²) in [6.45, 7) is -0.176. The van der Waals surface area contributed by atoms with Crippen LogP contribution in [0.25, 0.3) is 33.3 Å². The van der Waals surface area contributed by atoms with Gasteiger partial charge in [-0.15, -0.1) is 0 Å². The van der Waals surface area contributed by atoms with Gasteiger partial charge >= 0.3 is 10.3 Å². The molecule has 9 nitrogen and oxygen atoms in total. The number of aromatic nitrogens is 4. The van der Waals surface area contributed by atoms with Crippen LogP contribution in [-0.4, -0.2) is 45.8 Å². The molecular weight excluding hydrogens is 461 g/mol. The molecule has 12 heteroatoms. The zero-order valence-electron chi connectivity index (χ0n) is 16.6. The number of fused-ring (bicyclic) bond motifs is 2. The van der Waals surface area contributed by atoms with E-state index in [1.807, 2.05) is 16.8 Å². The van der Waals surface area contributed by atoms with Crippen LogP contribution in [0.5, 0.6) is 0 Å². The van der Waals surface area contributed by atoms with Gasteiger partial charge in [0.05, 0.1) is 29.1 Å². The van der Waals surface area contributed by atoms with Crippen molar-refractivity contribution in [3.8, 4) is 11.4 Å². The van der Waals surface area contributed by atoms with Crippen LogP contribution in [-0.2, 0) is 14.5 Å². The third-order valence-corrected chi connectivity index (χ3v) is 6.65. The molecule has 3 heterocycles. The third kappa shape index (κ3) is 3.86. The largest absolute Gasteiger partial charge is 0.393 e. The van der Waals surface area contributed by atoms with Crippen LogP contribution in [0, 0.1) is 11.7 Å². The Balaban J connectivity index is 1.48. The van der Waals surface area contributed by atoms with Crippen LogP contribution < -0.4 is 5.14 Å². The van der Waals surface area contributed by atoms with Crippen molar-refractivity contribution >= 4 is 43.8 Å². The van der Waals surface area contributed by atoms with Gasteiger partial charge < -0.3 is 14.7 Å². The molecular formula is C20H19ClFN5O4S. The summed E-state index contributed by atoms with van der Waals surface area (Å²) in [7, 11) is -4.07. The van der Waals surface area contributed by atoms with Crippen LogP contribution in [0.4, 0.5) is 4.39 Å². The van der Waals surface area contributed by atoms with E-state index in [9.17, 15) is 17.9 Å². The Kier molecular flexibility index (Phi) is 5.18. The van der Waals surface area contributed by atoms with Gasteiger partial charge in [0, 0.05) is 34.4 Å². The molecule has 32 heavy (non-hydrogen) atoms. The maximum atomic E-state index is 13.8. The molecule has 3 unspecified atom stereocenters. The summed E-state index contributed by atoms with van der Waals surface area (Å²) in [5.41, 5.74) is 2.70. The Morgan fingerprint density at radius 1 is 1.31 bits per heavy atom. The summed E-state index contributed by atoms with van der Waals surface area (Å²) in [6, 6.07) is 6.47. The number of aromatic amines is 1. The predicted molar refractivity (Wildman–Crippen MR) is 117 cm³/mol. The molecule has 1 aromatic carbocycles. The highest BCUT2D eigenvalue weighted by Gasteiger charge is 2.35. The molecule has 1 saturated carbocycles. The van der Waals surface area contributed by atoms with Gasteiger partial charge in [-0.1, -0.05) is 11.6 Å². The Bertz CT molecular complexity index is 1400. The summed E-state index contributed by atoms with van der Waals surface area (Å²) >= 11 is 5.89. The molecule has 0 spiro atoms. The normalized spacial score (nSPS) is 21.7. The van der Waals surface area contributed by atoms with Gasteiger partial charge in [-0.3, -0.25) is 4.18 Å². The van der Waals surface area contributed by atoms with Crippen molar-refractivity contribution in [2.75, 3.05) is 6.61 Å². The molecule has 1 aliphatic rings. The minimum Gasteiger partial charge on any atom is -0.393 e. The molecule has 5 rings (SSSR count). The summed E-state index contributed by atoms with van der Waals surface area (Å²) in [6.07, 6.45) is 3.51. The number of rotatable bonds is 5. The van der Waals surface area contributed by atoms with E-state index in [0.717, 1.165) is 5.39 Å². The number of benzene rings is 1. The highest BCUT2D eigenvalue weighted by molar-refractivity contribution is 7.84. The maximum absolute atomic E-state index is 13.8.